The van der Waals surface area contributed by atoms with Crippen LogP contribution in [0.4, 0.5) is 0 Å². The van der Waals surface area contributed by atoms with Gasteiger partial charge in [-0.15, -0.1) is 0 Å². The van der Waals surface area contributed by atoms with E-state index in [1.807, 2.05) is 30.3 Å². The van der Waals surface area contributed by atoms with Crippen LogP contribution in [0.1, 0.15) is 27.7 Å². The number of Topliss-reactive ketones (excluding diaryl/α,β-unsaturated/α-hetero) is 1. The lowest BCUT2D eigenvalue weighted by atomic mass is 9.94. The Hall–Kier alpha value is -4.00. The fourth-order valence-electron chi connectivity index (χ4n) is 3.58. The Labute approximate surface area is 172 Å². The SMILES string of the molecule is COc1cc([C@@H]2C(C(=O)c3ccco3)=C(O)C(=O)N2Cc2ccccc2)ccc1O. The van der Waals surface area contributed by atoms with Gasteiger partial charge in [0, 0.05) is 6.54 Å². The lowest BCUT2D eigenvalue weighted by Crippen LogP contribution is -2.30. The Morgan fingerprint density at radius 3 is 2.53 bits per heavy atom. The average Bonchev–Trinajstić information content (AvgIpc) is 3.38. The highest BCUT2D eigenvalue weighted by Gasteiger charge is 2.44. The number of hydrogen-bond donors (Lipinski definition) is 2. The first-order valence-electron chi connectivity index (χ1n) is 9.24. The van der Waals surface area contributed by atoms with E-state index in [0.29, 0.717) is 5.56 Å². The predicted molar refractivity (Wildman–Crippen MR) is 107 cm³/mol. The number of methoxy groups -OCH3 is 1. The molecule has 2 N–H and O–H groups in total. The summed E-state index contributed by atoms with van der Waals surface area (Å²) in [7, 11) is 1.41. The van der Waals surface area contributed by atoms with Crippen LogP contribution in [0.5, 0.6) is 11.5 Å². The zero-order chi connectivity index (χ0) is 21.3. The summed E-state index contributed by atoms with van der Waals surface area (Å²) in [6, 6.07) is 15.9. The van der Waals surface area contributed by atoms with Crippen molar-refractivity contribution in [2.24, 2.45) is 0 Å². The number of aromatic hydroxyl groups is 1. The normalized spacial score (nSPS) is 16.2. The molecule has 1 aromatic heterocycles. The van der Waals surface area contributed by atoms with Crippen molar-refractivity contribution in [3.63, 3.8) is 0 Å². The van der Waals surface area contributed by atoms with Crippen molar-refractivity contribution in [2.45, 2.75) is 12.6 Å². The number of phenolic OH excluding ortho intramolecular Hbond substituents is 1. The van der Waals surface area contributed by atoms with Crippen LogP contribution in [0.25, 0.3) is 0 Å². The molecule has 0 unspecified atom stereocenters. The van der Waals surface area contributed by atoms with Gasteiger partial charge in [0.15, 0.2) is 23.0 Å². The monoisotopic (exact) mass is 405 g/mol. The predicted octanol–water partition coefficient (Wildman–Crippen LogP) is 3.77. The molecule has 3 aromatic rings. The van der Waals surface area contributed by atoms with E-state index in [1.54, 1.807) is 18.2 Å². The number of rotatable bonds is 6. The molecular weight excluding hydrogens is 386 g/mol. The zero-order valence-electron chi connectivity index (χ0n) is 16.1. The van der Waals surface area contributed by atoms with Gasteiger partial charge in [0.1, 0.15) is 0 Å². The molecule has 4 rings (SSSR count). The third-order valence-electron chi connectivity index (χ3n) is 5.01. The van der Waals surface area contributed by atoms with Crippen LogP contribution < -0.4 is 4.74 Å². The van der Waals surface area contributed by atoms with Gasteiger partial charge < -0.3 is 24.3 Å². The molecular formula is C23H19NO6. The van der Waals surface area contributed by atoms with E-state index in [-0.39, 0.29) is 29.4 Å². The van der Waals surface area contributed by atoms with E-state index in [4.69, 9.17) is 9.15 Å². The van der Waals surface area contributed by atoms with Crippen molar-refractivity contribution in [1.29, 1.82) is 0 Å². The highest BCUT2D eigenvalue weighted by atomic mass is 16.5. The maximum atomic E-state index is 13.1. The Balaban J connectivity index is 1.83. The van der Waals surface area contributed by atoms with Gasteiger partial charge in [-0.05, 0) is 35.4 Å². The molecule has 152 valence electrons. The lowest BCUT2D eigenvalue weighted by Gasteiger charge is -2.27. The highest BCUT2D eigenvalue weighted by molar-refractivity contribution is 6.15. The van der Waals surface area contributed by atoms with Gasteiger partial charge >= 0.3 is 0 Å². The van der Waals surface area contributed by atoms with Gasteiger partial charge in [-0.2, -0.15) is 0 Å². The number of ketones is 1. The first-order valence-corrected chi connectivity index (χ1v) is 9.24. The Kier molecular flexibility index (Phi) is 5.02. The fraction of sp³-hybridized carbons (Fsp3) is 0.130. The highest BCUT2D eigenvalue weighted by Crippen LogP contribution is 2.42. The number of furan rings is 1. The average molecular weight is 405 g/mol. The van der Waals surface area contributed by atoms with Crippen molar-refractivity contribution in [3.05, 3.63) is 95.1 Å². The lowest BCUT2D eigenvalue weighted by molar-refractivity contribution is -0.130. The van der Waals surface area contributed by atoms with Gasteiger partial charge in [0.25, 0.3) is 5.91 Å². The van der Waals surface area contributed by atoms with E-state index in [9.17, 15) is 19.8 Å². The van der Waals surface area contributed by atoms with Crippen molar-refractivity contribution >= 4 is 11.7 Å². The van der Waals surface area contributed by atoms with Crippen LogP contribution in [0.2, 0.25) is 0 Å². The number of nitrogens with zero attached hydrogens (tertiary/aromatic N) is 1. The molecule has 0 radical (unpaired) electrons. The minimum atomic E-state index is -0.884. The molecule has 7 heteroatoms. The fourth-order valence-corrected chi connectivity index (χ4v) is 3.58. The quantitative estimate of drug-likeness (QED) is 0.606. The summed E-state index contributed by atoms with van der Waals surface area (Å²) >= 11 is 0. The number of ether oxygens (including phenoxy) is 1. The van der Waals surface area contributed by atoms with E-state index < -0.39 is 23.5 Å². The number of hydrogen-bond acceptors (Lipinski definition) is 6. The minimum absolute atomic E-state index is 0.0154. The second-order valence-corrected chi connectivity index (χ2v) is 6.82. The van der Waals surface area contributed by atoms with Gasteiger partial charge in [-0.25, -0.2) is 0 Å². The summed E-state index contributed by atoms with van der Waals surface area (Å²) in [5, 5.41) is 20.6. The van der Waals surface area contributed by atoms with Crippen LogP contribution in [-0.4, -0.2) is 33.9 Å². The molecule has 7 nitrogen and oxygen atoms in total. The first-order chi connectivity index (χ1) is 14.5. The van der Waals surface area contributed by atoms with Crippen LogP contribution in [0.15, 0.2) is 82.7 Å². The van der Waals surface area contributed by atoms with Gasteiger partial charge in [0.2, 0.25) is 5.78 Å². The van der Waals surface area contributed by atoms with Gasteiger partial charge in [-0.1, -0.05) is 36.4 Å². The summed E-state index contributed by atoms with van der Waals surface area (Å²) in [6.45, 7) is 0.173. The summed E-state index contributed by atoms with van der Waals surface area (Å²) in [6.07, 6.45) is 1.35. The molecule has 30 heavy (non-hydrogen) atoms. The van der Waals surface area contributed by atoms with E-state index in [1.165, 1.54) is 30.4 Å². The Morgan fingerprint density at radius 2 is 1.87 bits per heavy atom. The largest absolute Gasteiger partial charge is 0.504 e. The van der Waals surface area contributed by atoms with Crippen LogP contribution >= 0.6 is 0 Å². The number of phenols is 1. The van der Waals surface area contributed by atoms with Crippen molar-refractivity contribution in [2.75, 3.05) is 7.11 Å². The third kappa shape index (κ3) is 3.30. The number of amides is 1. The summed E-state index contributed by atoms with van der Waals surface area (Å²) in [4.78, 5) is 27.5. The van der Waals surface area contributed by atoms with E-state index in [2.05, 4.69) is 0 Å². The third-order valence-corrected chi connectivity index (χ3v) is 5.01. The molecule has 0 saturated heterocycles. The number of aliphatic hydroxyl groups excluding tert-OH is 1. The molecule has 1 aliphatic rings. The maximum absolute atomic E-state index is 13.1. The number of carbonyl (C=O) groups is 2. The van der Waals surface area contributed by atoms with Crippen LogP contribution in [-0.2, 0) is 11.3 Å². The molecule has 0 fully saturated rings. The molecule has 1 aliphatic heterocycles. The van der Waals surface area contributed by atoms with Crippen molar-refractivity contribution in [1.82, 2.24) is 4.90 Å². The summed E-state index contributed by atoms with van der Waals surface area (Å²) in [5.74, 6) is -1.74. The van der Waals surface area contributed by atoms with Gasteiger partial charge in [-0.3, -0.25) is 9.59 Å². The minimum Gasteiger partial charge on any atom is -0.504 e. The second kappa shape index (κ2) is 7.79. The molecule has 2 aromatic carbocycles. The standard InChI is InChI=1S/C23H19NO6/c1-29-18-12-15(9-10-16(18)25)20-19(21(26)17-8-5-11-30-17)22(27)23(28)24(20)13-14-6-3-2-4-7-14/h2-12,20,25,27H,13H2,1H3/t20-/m1/s1. The molecule has 0 saturated carbocycles. The molecule has 1 atom stereocenters. The maximum Gasteiger partial charge on any atom is 0.290 e. The molecule has 0 spiro atoms. The number of aliphatic hydroxyl groups is 1. The van der Waals surface area contributed by atoms with Gasteiger partial charge in [0.05, 0.1) is 25.0 Å². The smallest absolute Gasteiger partial charge is 0.290 e. The van der Waals surface area contributed by atoms with Crippen molar-refractivity contribution < 1.29 is 29.0 Å². The van der Waals surface area contributed by atoms with E-state index >= 15 is 0 Å². The summed E-state index contributed by atoms with van der Waals surface area (Å²) in [5.41, 5.74) is 1.26. The number of carbonyl (C=O) groups excluding carboxylic acids is 2. The second-order valence-electron chi connectivity index (χ2n) is 6.82. The van der Waals surface area contributed by atoms with Crippen LogP contribution in [0, 0.1) is 0 Å². The zero-order valence-corrected chi connectivity index (χ0v) is 16.1. The molecule has 1 amide bonds. The van der Waals surface area contributed by atoms with E-state index in [0.717, 1.165) is 5.56 Å². The molecule has 0 aliphatic carbocycles. The Morgan fingerprint density at radius 1 is 1.10 bits per heavy atom. The summed E-state index contributed by atoms with van der Waals surface area (Å²) < 4.78 is 10.4. The first kappa shape index (κ1) is 19.3. The van der Waals surface area contributed by atoms with Crippen LogP contribution in [0.3, 0.4) is 0 Å². The molecule has 2 heterocycles. The number of benzene rings is 2. The molecule has 0 bridgehead atoms. The van der Waals surface area contributed by atoms with Crippen molar-refractivity contribution in [3.8, 4) is 11.5 Å². The topological polar surface area (TPSA) is 100 Å². The Bertz CT molecular complexity index is 1120.